The van der Waals surface area contributed by atoms with Crippen molar-refractivity contribution >= 4 is 21.7 Å². The zero-order valence-corrected chi connectivity index (χ0v) is 15.1. The van der Waals surface area contributed by atoms with E-state index in [-0.39, 0.29) is 30.2 Å². The molecule has 1 aliphatic heterocycles. The maximum Gasteiger partial charge on any atom is 0.306 e. The van der Waals surface area contributed by atoms with E-state index >= 15 is 0 Å². The van der Waals surface area contributed by atoms with Crippen molar-refractivity contribution in [2.24, 2.45) is 0 Å². The van der Waals surface area contributed by atoms with Gasteiger partial charge in [0.1, 0.15) is 5.82 Å². The van der Waals surface area contributed by atoms with Crippen molar-refractivity contribution in [3.05, 3.63) is 35.6 Å². The lowest BCUT2D eigenvalue weighted by molar-refractivity contribution is -0.159. The van der Waals surface area contributed by atoms with Gasteiger partial charge in [0, 0.05) is 19.5 Å². The Morgan fingerprint density at radius 3 is 2.64 bits per heavy atom. The van der Waals surface area contributed by atoms with Gasteiger partial charge < -0.3 is 9.64 Å². The number of halogens is 1. The molecule has 0 aliphatic carbocycles. The first-order chi connectivity index (χ1) is 11.7. The number of rotatable bonds is 6. The zero-order chi connectivity index (χ0) is 18.6. The van der Waals surface area contributed by atoms with Gasteiger partial charge in [-0.25, -0.2) is 12.8 Å². The Bertz CT molecular complexity index is 749. The number of amides is 1. The van der Waals surface area contributed by atoms with E-state index in [1.54, 1.807) is 18.2 Å². The SMILES string of the molecule is CC(OC(=O)CCc1ccccc1F)C(=O)N(C)C1CCS(=O)(=O)C1. The molecule has 6 nitrogen and oxygen atoms in total. The first-order valence-electron chi connectivity index (χ1n) is 8.09. The standard InChI is InChI=1S/C17H22FNO5S/c1-12(17(21)19(2)14-9-10-25(22,23)11-14)24-16(20)8-7-13-5-3-4-6-15(13)18/h3-6,12,14H,7-11H2,1-2H3. The Kier molecular flexibility index (Phi) is 6.16. The number of hydrogen-bond acceptors (Lipinski definition) is 5. The van der Waals surface area contributed by atoms with Crippen molar-refractivity contribution in [1.82, 2.24) is 4.90 Å². The molecule has 0 bridgehead atoms. The molecule has 1 aromatic carbocycles. The van der Waals surface area contributed by atoms with E-state index in [9.17, 15) is 22.4 Å². The molecule has 0 radical (unpaired) electrons. The van der Waals surface area contributed by atoms with E-state index < -0.39 is 33.9 Å². The van der Waals surface area contributed by atoms with Crippen LogP contribution < -0.4 is 0 Å². The summed E-state index contributed by atoms with van der Waals surface area (Å²) in [5.74, 6) is -1.44. The number of esters is 1. The van der Waals surface area contributed by atoms with Crippen LogP contribution in [0.3, 0.4) is 0 Å². The Balaban J connectivity index is 1.84. The maximum atomic E-state index is 13.5. The van der Waals surface area contributed by atoms with E-state index in [0.29, 0.717) is 12.0 Å². The number of carbonyl (C=O) groups is 2. The molecule has 138 valence electrons. The number of hydrogen-bond donors (Lipinski definition) is 0. The molecule has 1 fully saturated rings. The minimum atomic E-state index is -3.10. The van der Waals surface area contributed by atoms with Gasteiger partial charge in [-0.1, -0.05) is 18.2 Å². The van der Waals surface area contributed by atoms with Crippen LogP contribution in [0.5, 0.6) is 0 Å². The predicted octanol–water partition coefficient (Wildman–Crippen LogP) is 1.34. The topological polar surface area (TPSA) is 80.8 Å². The summed E-state index contributed by atoms with van der Waals surface area (Å²) >= 11 is 0. The van der Waals surface area contributed by atoms with Crippen LogP contribution in [-0.2, 0) is 30.6 Å². The fourth-order valence-electron chi connectivity index (χ4n) is 2.79. The Morgan fingerprint density at radius 1 is 1.36 bits per heavy atom. The molecule has 2 rings (SSSR count). The molecule has 0 saturated carbocycles. The van der Waals surface area contributed by atoms with Gasteiger partial charge in [-0.3, -0.25) is 9.59 Å². The summed E-state index contributed by atoms with van der Waals surface area (Å²) in [7, 11) is -1.59. The number of likely N-dealkylation sites (N-methyl/N-ethyl adjacent to an activating group) is 1. The van der Waals surface area contributed by atoms with Crippen LogP contribution in [0, 0.1) is 5.82 Å². The van der Waals surface area contributed by atoms with Gasteiger partial charge in [-0.15, -0.1) is 0 Å². The van der Waals surface area contributed by atoms with Gasteiger partial charge in [-0.2, -0.15) is 0 Å². The van der Waals surface area contributed by atoms with Crippen LogP contribution in [0.15, 0.2) is 24.3 Å². The molecule has 0 N–H and O–H groups in total. The van der Waals surface area contributed by atoms with E-state index in [0.717, 1.165) is 0 Å². The van der Waals surface area contributed by atoms with Gasteiger partial charge in [-0.05, 0) is 31.4 Å². The first-order valence-corrected chi connectivity index (χ1v) is 9.92. The molecule has 1 aliphatic rings. The quantitative estimate of drug-likeness (QED) is 0.705. The highest BCUT2D eigenvalue weighted by atomic mass is 32.2. The molecule has 0 aromatic heterocycles. The lowest BCUT2D eigenvalue weighted by Gasteiger charge is -2.26. The average Bonchev–Trinajstić information content (AvgIpc) is 2.92. The molecule has 1 saturated heterocycles. The number of sulfone groups is 1. The van der Waals surface area contributed by atoms with E-state index in [1.807, 2.05) is 0 Å². The second-order valence-electron chi connectivity index (χ2n) is 6.23. The van der Waals surface area contributed by atoms with Crippen molar-refractivity contribution in [2.45, 2.75) is 38.3 Å². The summed E-state index contributed by atoms with van der Waals surface area (Å²) in [5, 5.41) is 0. The molecule has 0 spiro atoms. The average molecular weight is 371 g/mol. The minimum Gasteiger partial charge on any atom is -0.453 e. The second-order valence-corrected chi connectivity index (χ2v) is 8.46. The zero-order valence-electron chi connectivity index (χ0n) is 14.3. The Hall–Kier alpha value is -1.96. The van der Waals surface area contributed by atoms with Crippen LogP contribution in [0.25, 0.3) is 0 Å². The van der Waals surface area contributed by atoms with Gasteiger partial charge in [0.05, 0.1) is 11.5 Å². The first kappa shape index (κ1) is 19.4. The molecule has 1 amide bonds. The molecular formula is C17H22FNO5S. The number of aryl methyl sites for hydroxylation is 1. The fraction of sp³-hybridized carbons (Fsp3) is 0.529. The van der Waals surface area contributed by atoms with Crippen LogP contribution >= 0.6 is 0 Å². The van der Waals surface area contributed by atoms with E-state index in [2.05, 4.69) is 0 Å². The fourth-order valence-corrected chi connectivity index (χ4v) is 4.57. The third kappa shape index (κ3) is 5.26. The normalized spacial score (nSPS) is 20.0. The van der Waals surface area contributed by atoms with Crippen molar-refractivity contribution in [3.63, 3.8) is 0 Å². The number of nitrogens with zero attached hydrogens (tertiary/aromatic N) is 1. The van der Waals surface area contributed by atoms with Crippen molar-refractivity contribution in [2.75, 3.05) is 18.6 Å². The predicted molar refractivity (Wildman–Crippen MR) is 90.1 cm³/mol. The molecule has 8 heteroatoms. The van der Waals surface area contributed by atoms with Crippen molar-refractivity contribution in [1.29, 1.82) is 0 Å². The van der Waals surface area contributed by atoms with Crippen LogP contribution in [-0.4, -0.2) is 55.9 Å². The van der Waals surface area contributed by atoms with Gasteiger partial charge in [0.25, 0.3) is 5.91 Å². The molecule has 2 unspecified atom stereocenters. The summed E-state index contributed by atoms with van der Waals surface area (Å²) in [6.45, 7) is 1.45. The van der Waals surface area contributed by atoms with Crippen LogP contribution in [0.4, 0.5) is 4.39 Å². The second kappa shape index (κ2) is 7.95. The lowest BCUT2D eigenvalue weighted by atomic mass is 10.1. The smallest absolute Gasteiger partial charge is 0.306 e. The highest BCUT2D eigenvalue weighted by Crippen LogP contribution is 2.18. The maximum absolute atomic E-state index is 13.5. The monoisotopic (exact) mass is 371 g/mol. The van der Waals surface area contributed by atoms with Gasteiger partial charge in [0.2, 0.25) is 0 Å². The van der Waals surface area contributed by atoms with Gasteiger partial charge in [0.15, 0.2) is 15.9 Å². The van der Waals surface area contributed by atoms with Crippen molar-refractivity contribution in [3.8, 4) is 0 Å². The van der Waals surface area contributed by atoms with Crippen molar-refractivity contribution < 1.29 is 27.1 Å². The summed E-state index contributed by atoms with van der Waals surface area (Å²) in [6, 6.07) is 5.76. The van der Waals surface area contributed by atoms with Crippen LogP contribution in [0.2, 0.25) is 0 Å². The summed E-state index contributed by atoms with van der Waals surface area (Å²) in [5.41, 5.74) is 0.409. The number of carbonyl (C=O) groups excluding carboxylic acids is 2. The minimum absolute atomic E-state index is 0.0416. The Morgan fingerprint density at radius 2 is 2.04 bits per heavy atom. The highest BCUT2D eigenvalue weighted by molar-refractivity contribution is 7.91. The largest absolute Gasteiger partial charge is 0.453 e. The number of benzene rings is 1. The molecule has 2 atom stereocenters. The third-order valence-electron chi connectivity index (χ3n) is 4.32. The van der Waals surface area contributed by atoms with E-state index in [1.165, 1.54) is 24.9 Å². The molecular weight excluding hydrogens is 349 g/mol. The van der Waals surface area contributed by atoms with Crippen LogP contribution in [0.1, 0.15) is 25.3 Å². The number of ether oxygens (including phenoxy) is 1. The summed E-state index contributed by atoms with van der Waals surface area (Å²) < 4.78 is 41.6. The summed E-state index contributed by atoms with van der Waals surface area (Å²) in [4.78, 5) is 25.5. The Labute approximate surface area is 146 Å². The third-order valence-corrected chi connectivity index (χ3v) is 6.07. The van der Waals surface area contributed by atoms with Gasteiger partial charge >= 0.3 is 5.97 Å². The molecule has 1 aromatic rings. The molecule has 25 heavy (non-hydrogen) atoms. The summed E-state index contributed by atoms with van der Waals surface area (Å²) in [6.07, 6.45) is -0.483. The lowest BCUT2D eigenvalue weighted by Crippen LogP contribution is -2.44. The van der Waals surface area contributed by atoms with E-state index in [4.69, 9.17) is 4.74 Å². The molecule has 1 heterocycles. The highest BCUT2D eigenvalue weighted by Gasteiger charge is 2.34.